The molecule has 4 aromatic carbocycles. The molecule has 0 atom stereocenters. The van der Waals surface area contributed by atoms with Crippen molar-refractivity contribution >= 4 is 21.8 Å². The SMILES string of the molecule is CCCc1ccnc(-n2c3ccccc3c3ccc(Oc4cccc(-n5cc(-c6c(CCC(C)C)cccc6CCC(C)C)cn5)c4)cc32)c1. The van der Waals surface area contributed by atoms with Crippen LogP contribution in [-0.2, 0) is 19.3 Å². The number of para-hydroxylation sites is 1. The number of aromatic nitrogens is 4. The van der Waals surface area contributed by atoms with Gasteiger partial charge < -0.3 is 4.74 Å². The Bertz CT molecular complexity index is 2210. The molecule has 7 aromatic rings. The van der Waals surface area contributed by atoms with Gasteiger partial charge in [0, 0.05) is 40.9 Å². The van der Waals surface area contributed by atoms with Crippen LogP contribution in [0.2, 0.25) is 0 Å². The third-order valence-electron chi connectivity index (χ3n) is 9.63. The summed E-state index contributed by atoms with van der Waals surface area (Å²) < 4.78 is 10.8. The summed E-state index contributed by atoms with van der Waals surface area (Å²) in [4.78, 5) is 4.81. The Morgan fingerprint density at radius 1 is 0.680 bits per heavy atom. The lowest BCUT2D eigenvalue weighted by molar-refractivity contribution is 0.483. The molecule has 0 aliphatic heterocycles. The predicted octanol–water partition coefficient (Wildman–Crippen LogP) is 12.0. The Hall–Kier alpha value is -5.16. The van der Waals surface area contributed by atoms with Gasteiger partial charge in [0.1, 0.15) is 17.3 Å². The van der Waals surface area contributed by atoms with Gasteiger partial charge in [0.05, 0.1) is 22.9 Å². The fourth-order valence-electron chi connectivity index (χ4n) is 7.04. The van der Waals surface area contributed by atoms with Gasteiger partial charge in [0.15, 0.2) is 0 Å². The van der Waals surface area contributed by atoms with E-state index in [0.717, 1.165) is 59.7 Å². The van der Waals surface area contributed by atoms with Gasteiger partial charge in [-0.25, -0.2) is 9.67 Å². The lowest BCUT2D eigenvalue weighted by atomic mass is 9.89. The second kappa shape index (κ2) is 14.8. The van der Waals surface area contributed by atoms with Crippen molar-refractivity contribution in [3.8, 4) is 34.1 Å². The Morgan fingerprint density at radius 3 is 2.16 bits per heavy atom. The van der Waals surface area contributed by atoms with Crippen LogP contribution in [0.1, 0.15) is 70.6 Å². The maximum Gasteiger partial charge on any atom is 0.137 e. The summed E-state index contributed by atoms with van der Waals surface area (Å²) in [6.45, 7) is 11.4. The van der Waals surface area contributed by atoms with Crippen molar-refractivity contribution in [2.45, 2.75) is 73.1 Å². The molecule has 0 spiro atoms. The van der Waals surface area contributed by atoms with E-state index in [1.165, 1.54) is 51.4 Å². The second-order valence-electron chi connectivity index (χ2n) is 14.4. The topological polar surface area (TPSA) is 44.9 Å². The Labute approximate surface area is 296 Å². The number of ether oxygens (including phenoxy) is 1. The van der Waals surface area contributed by atoms with Crippen LogP contribution >= 0.6 is 0 Å². The fraction of sp³-hybridized carbons (Fsp3) is 0.289. The molecule has 3 heterocycles. The molecule has 0 radical (unpaired) electrons. The molecule has 0 saturated heterocycles. The molecule has 0 aliphatic rings. The Kier molecular flexibility index (Phi) is 9.84. The second-order valence-corrected chi connectivity index (χ2v) is 14.4. The van der Waals surface area contributed by atoms with Gasteiger partial charge in [0.25, 0.3) is 0 Å². The van der Waals surface area contributed by atoms with E-state index >= 15 is 0 Å². The molecule has 7 rings (SSSR count). The first-order chi connectivity index (χ1) is 24.4. The highest BCUT2D eigenvalue weighted by molar-refractivity contribution is 6.09. The molecular weight excluding hydrogens is 613 g/mol. The number of nitrogens with zero attached hydrogens (tertiary/aromatic N) is 4. The van der Waals surface area contributed by atoms with Gasteiger partial charge in [-0.2, -0.15) is 5.10 Å². The van der Waals surface area contributed by atoms with Crippen molar-refractivity contribution < 1.29 is 4.74 Å². The highest BCUT2D eigenvalue weighted by Crippen LogP contribution is 2.36. The summed E-state index contributed by atoms with van der Waals surface area (Å²) in [7, 11) is 0. The van der Waals surface area contributed by atoms with E-state index in [1.807, 2.05) is 29.2 Å². The number of benzene rings is 4. The van der Waals surface area contributed by atoms with Crippen molar-refractivity contribution in [3.05, 3.63) is 132 Å². The number of pyridine rings is 1. The summed E-state index contributed by atoms with van der Waals surface area (Å²) in [5.74, 6) is 3.78. The largest absolute Gasteiger partial charge is 0.457 e. The summed E-state index contributed by atoms with van der Waals surface area (Å²) in [6.07, 6.45) is 12.7. The van der Waals surface area contributed by atoms with Crippen LogP contribution in [0.15, 0.2) is 116 Å². The predicted molar refractivity (Wildman–Crippen MR) is 208 cm³/mol. The minimum Gasteiger partial charge on any atom is -0.457 e. The number of hydrogen-bond acceptors (Lipinski definition) is 3. The van der Waals surface area contributed by atoms with Crippen LogP contribution < -0.4 is 4.74 Å². The molecule has 254 valence electrons. The minimum absolute atomic E-state index is 0.658. The van der Waals surface area contributed by atoms with E-state index in [4.69, 9.17) is 14.8 Å². The van der Waals surface area contributed by atoms with Gasteiger partial charge in [0.2, 0.25) is 0 Å². The normalized spacial score (nSPS) is 11.7. The molecule has 0 fully saturated rings. The van der Waals surface area contributed by atoms with E-state index in [1.54, 1.807) is 0 Å². The van der Waals surface area contributed by atoms with E-state index < -0.39 is 0 Å². The smallest absolute Gasteiger partial charge is 0.137 e. The van der Waals surface area contributed by atoms with E-state index in [-0.39, 0.29) is 0 Å². The zero-order chi connectivity index (χ0) is 34.6. The van der Waals surface area contributed by atoms with Crippen LogP contribution in [0.25, 0.3) is 44.4 Å². The molecule has 0 bridgehead atoms. The highest BCUT2D eigenvalue weighted by atomic mass is 16.5. The van der Waals surface area contributed by atoms with Crippen LogP contribution in [0, 0.1) is 11.8 Å². The zero-order valence-electron chi connectivity index (χ0n) is 30.1. The van der Waals surface area contributed by atoms with E-state index in [9.17, 15) is 0 Å². The number of hydrogen-bond donors (Lipinski definition) is 0. The van der Waals surface area contributed by atoms with Gasteiger partial charge in [-0.15, -0.1) is 0 Å². The van der Waals surface area contributed by atoms with Crippen molar-refractivity contribution in [2.75, 3.05) is 0 Å². The van der Waals surface area contributed by atoms with E-state index in [0.29, 0.717) is 11.8 Å². The standard InChI is InChI=1S/C45H48N4O/c1-6-11-33-24-25-46-44(26-33)49-42-17-8-7-16-40(42)41-23-22-39(28-43(41)49)50-38-15-10-14-37(27-38)48-30-36(29-47-48)45-34(20-18-31(2)3)12-9-13-35(45)21-19-32(4)5/h7-10,12-17,22-32H,6,11,18-21H2,1-5H3. The van der Waals surface area contributed by atoms with Crippen molar-refractivity contribution in [2.24, 2.45) is 11.8 Å². The Morgan fingerprint density at radius 2 is 1.40 bits per heavy atom. The number of rotatable bonds is 13. The van der Waals surface area contributed by atoms with Crippen LogP contribution in [-0.4, -0.2) is 19.3 Å². The van der Waals surface area contributed by atoms with Crippen molar-refractivity contribution in [3.63, 3.8) is 0 Å². The molecule has 5 heteroatoms. The van der Waals surface area contributed by atoms with Crippen molar-refractivity contribution in [1.82, 2.24) is 19.3 Å². The first-order valence-electron chi connectivity index (χ1n) is 18.3. The molecule has 50 heavy (non-hydrogen) atoms. The Balaban J connectivity index is 1.21. The summed E-state index contributed by atoms with van der Waals surface area (Å²) >= 11 is 0. The average Bonchev–Trinajstić information content (AvgIpc) is 3.73. The summed E-state index contributed by atoms with van der Waals surface area (Å²) in [5.41, 5.74) is 9.81. The first-order valence-corrected chi connectivity index (χ1v) is 18.3. The van der Waals surface area contributed by atoms with Crippen LogP contribution in [0.5, 0.6) is 11.5 Å². The third-order valence-corrected chi connectivity index (χ3v) is 9.63. The maximum absolute atomic E-state index is 6.56. The van der Waals surface area contributed by atoms with Gasteiger partial charge in [-0.1, -0.05) is 83.5 Å². The first kappa shape index (κ1) is 33.3. The minimum atomic E-state index is 0.658. The zero-order valence-corrected chi connectivity index (χ0v) is 30.1. The maximum atomic E-state index is 6.56. The number of aryl methyl sites for hydroxylation is 3. The molecule has 0 amide bonds. The number of fused-ring (bicyclic) bond motifs is 3. The molecule has 0 unspecified atom stereocenters. The quantitative estimate of drug-likeness (QED) is 0.124. The summed E-state index contributed by atoms with van der Waals surface area (Å²) in [5, 5.41) is 7.24. The van der Waals surface area contributed by atoms with Gasteiger partial charge >= 0.3 is 0 Å². The molecule has 0 N–H and O–H groups in total. The van der Waals surface area contributed by atoms with Crippen molar-refractivity contribution in [1.29, 1.82) is 0 Å². The molecule has 0 aliphatic carbocycles. The highest BCUT2D eigenvalue weighted by Gasteiger charge is 2.17. The monoisotopic (exact) mass is 660 g/mol. The lowest BCUT2D eigenvalue weighted by Crippen LogP contribution is -2.00. The summed E-state index contributed by atoms with van der Waals surface area (Å²) in [6, 6.07) is 34.3. The van der Waals surface area contributed by atoms with Crippen LogP contribution in [0.4, 0.5) is 0 Å². The van der Waals surface area contributed by atoms with Gasteiger partial charge in [-0.05, 0) is 109 Å². The molecule has 0 saturated carbocycles. The van der Waals surface area contributed by atoms with Gasteiger partial charge in [-0.3, -0.25) is 4.57 Å². The van der Waals surface area contributed by atoms with E-state index in [2.05, 4.69) is 130 Å². The third kappa shape index (κ3) is 7.09. The lowest BCUT2D eigenvalue weighted by Gasteiger charge is -2.16. The average molecular weight is 661 g/mol. The van der Waals surface area contributed by atoms with Crippen LogP contribution in [0.3, 0.4) is 0 Å². The molecule has 3 aromatic heterocycles. The molecule has 5 nitrogen and oxygen atoms in total. The molecular formula is C45H48N4O. The fourth-order valence-corrected chi connectivity index (χ4v) is 7.04.